The molecule has 5 N–H and O–H groups in total. The van der Waals surface area contributed by atoms with Crippen LogP contribution in [-0.2, 0) is 11.3 Å². The molecule has 0 atom stereocenters. The van der Waals surface area contributed by atoms with E-state index in [1.165, 1.54) is 0 Å². The quantitative estimate of drug-likeness (QED) is 0.233. The zero-order valence-electron chi connectivity index (χ0n) is 16.7. The monoisotopic (exact) mass is 451 g/mol. The first-order valence-corrected chi connectivity index (χ1v) is 10.4. The molecule has 162 valence electrons. The molecule has 0 spiro atoms. The number of nitrogen functional groups attached to an aromatic ring is 2. The predicted molar refractivity (Wildman–Crippen MR) is 122 cm³/mol. The van der Waals surface area contributed by atoms with Crippen LogP contribution in [0.15, 0.2) is 48.9 Å². The highest BCUT2D eigenvalue weighted by Gasteiger charge is 2.18. The van der Waals surface area contributed by atoms with Crippen LogP contribution in [0.25, 0.3) is 0 Å². The molecule has 1 heterocycles. The van der Waals surface area contributed by atoms with Gasteiger partial charge in [-0.15, -0.1) is 0 Å². The third-order valence-electron chi connectivity index (χ3n) is 4.83. The third-order valence-corrected chi connectivity index (χ3v) is 5.27. The summed E-state index contributed by atoms with van der Waals surface area (Å²) < 4.78 is 5.82. The lowest BCUT2D eigenvalue weighted by Gasteiger charge is -2.36. The maximum Gasteiger partial charge on any atom is 0.182 e. The van der Waals surface area contributed by atoms with Crippen molar-refractivity contribution in [2.75, 3.05) is 50.7 Å². The van der Waals surface area contributed by atoms with E-state index in [4.69, 9.17) is 44.2 Å². The van der Waals surface area contributed by atoms with Crippen molar-refractivity contribution >= 4 is 34.6 Å². The molecular weight excluding hydrogens is 425 g/mol. The highest BCUT2D eigenvalue weighted by molar-refractivity contribution is 6.34. The Morgan fingerprint density at radius 1 is 1.00 bits per heavy atom. The van der Waals surface area contributed by atoms with Crippen LogP contribution in [0.1, 0.15) is 5.56 Å². The molecule has 0 bridgehead atoms. The SMILES string of the molecule is C=C(OCc1cc(Cl)cc(Cl)c1)N1CCN(CCNOc2ccc(N)c(N)c2)CC1. The molecule has 2 aromatic rings. The predicted octanol–water partition coefficient (Wildman–Crippen LogP) is 3.35. The fourth-order valence-corrected chi connectivity index (χ4v) is 3.70. The molecule has 0 saturated carbocycles. The van der Waals surface area contributed by atoms with Gasteiger partial charge in [0.25, 0.3) is 0 Å². The molecular formula is C21H27Cl2N5O2. The second-order valence-electron chi connectivity index (χ2n) is 7.08. The molecule has 3 rings (SSSR count). The van der Waals surface area contributed by atoms with E-state index in [0.29, 0.717) is 46.2 Å². The van der Waals surface area contributed by atoms with Gasteiger partial charge in [-0.25, -0.2) is 0 Å². The zero-order valence-corrected chi connectivity index (χ0v) is 18.3. The summed E-state index contributed by atoms with van der Waals surface area (Å²) in [6, 6.07) is 10.6. The second kappa shape index (κ2) is 10.6. The van der Waals surface area contributed by atoms with Gasteiger partial charge >= 0.3 is 0 Å². The number of rotatable bonds is 9. The smallest absolute Gasteiger partial charge is 0.182 e. The molecule has 30 heavy (non-hydrogen) atoms. The van der Waals surface area contributed by atoms with Gasteiger partial charge in [-0.05, 0) is 42.5 Å². The van der Waals surface area contributed by atoms with Gasteiger partial charge in [-0.3, -0.25) is 4.90 Å². The molecule has 1 saturated heterocycles. The van der Waals surface area contributed by atoms with Crippen LogP contribution in [-0.4, -0.2) is 49.1 Å². The van der Waals surface area contributed by atoms with Crippen molar-refractivity contribution in [2.24, 2.45) is 0 Å². The Bertz CT molecular complexity index is 852. The van der Waals surface area contributed by atoms with Crippen LogP contribution in [0.5, 0.6) is 5.75 Å². The first-order valence-electron chi connectivity index (χ1n) is 9.69. The van der Waals surface area contributed by atoms with Crippen LogP contribution < -0.4 is 21.8 Å². The highest BCUT2D eigenvalue weighted by Crippen LogP contribution is 2.21. The minimum Gasteiger partial charge on any atom is -0.475 e. The Hall–Kier alpha value is -2.32. The Labute approximate surface area is 187 Å². The molecule has 0 unspecified atom stereocenters. The molecule has 1 aliphatic heterocycles. The molecule has 0 aromatic heterocycles. The van der Waals surface area contributed by atoms with Gasteiger partial charge < -0.3 is 25.9 Å². The lowest BCUT2D eigenvalue weighted by Crippen LogP contribution is -2.47. The van der Waals surface area contributed by atoms with Crippen LogP contribution >= 0.6 is 23.2 Å². The minimum atomic E-state index is 0.385. The lowest BCUT2D eigenvalue weighted by atomic mass is 10.2. The number of benzene rings is 2. The van der Waals surface area contributed by atoms with Crippen molar-refractivity contribution in [1.29, 1.82) is 0 Å². The summed E-state index contributed by atoms with van der Waals surface area (Å²) in [5.74, 6) is 1.30. The van der Waals surface area contributed by atoms with E-state index in [-0.39, 0.29) is 0 Å². The van der Waals surface area contributed by atoms with Gasteiger partial charge in [-0.1, -0.05) is 23.2 Å². The minimum absolute atomic E-state index is 0.385. The summed E-state index contributed by atoms with van der Waals surface area (Å²) >= 11 is 12.1. The fraction of sp³-hybridized carbons (Fsp3) is 0.333. The van der Waals surface area contributed by atoms with Crippen molar-refractivity contribution in [3.05, 3.63) is 64.5 Å². The van der Waals surface area contributed by atoms with Crippen molar-refractivity contribution in [3.63, 3.8) is 0 Å². The van der Waals surface area contributed by atoms with E-state index in [0.717, 1.165) is 38.3 Å². The number of nitrogens with zero attached hydrogens (tertiary/aromatic N) is 2. The number of hydrogen-bond acceptors (Lipinski definition) is 7. The maximum atomic E-state index is 6.03. The Morgan fingerprint density at radius 2 is 1.70 bits per heavy atom. The standard InChI is InChI=1S/C21H27Cl2N5O2/c1-15(29-14-16-10-17(22)12-18(23)11-16)28-8-6-27(7-9-28)5-4-26-30-19-2-3-20(24)21(25)13-19/h2-3,10-13,26H,1,4-9,14,24-25H2. The number of nitrogens with two attached hydrogens (primary N) is 2. The number of halogens is 2. The summed E-state index contributed by atoms with van der Waals surface area (Å²) in [5, 5.41) is 1.19. The number of hydroxylamine groups is 1. The Kier molecular flexibility index (Phi) is 7.93. The number of nitrogens with one attached hydrogen (secondary N) is 1. The summed E-state index contributed by atoms with van der Waals surface area (Å²) in [6.07, 6.45) is 0. The van der Waals surface area contributed by atoms with Crippen LogP contribution in [0.4, 0.5) is 11.4 Å². The van der Waals surface area contributed by atoms with Crippen molar-refractivity contribution in [1.82, 2.24) is 15.3 Å². The second-order valence-corrected chi connectivity index (χ2v) is 7.95. The van der Waals surface area contributed by atoms with Crippen LogP contribution in [0, 0.1) is 0 Å². The lowest BCUT2D eigenvalue weighted by molar-refractivity contribution is 0.0623. The zero-order chi connectivity index (χ0) is 21.5. The average Bonchev–Trinajstić information content (AvgIpc) is 2.72. The van der Waals surface area contributed by atoms with Gasteiger partial charge in [0, 0.05) is 55.4 Å². The molecule has 0 radical (unpaired) electrons. The summed E-state index contributed by atoms with van der Waals surface area (Å²) in [5.41, 5.74) is 16.4. The third kappa shape index (κ3) is 6.60. The molecule has 1 aliphatic rings. The largest absolute Gasteiger partial charge is 0.475 e. The topological polar surface area (TPSA) is 89.0 Å². The number of piperazine rings is 1. The Balaban J connectivity index is 1.33. The fourth-order valence-electron chi connectivity index (χ4n) is 3.13. The van der Waals surface area contributed by atoms with E-state index in [9.17, 15) is 0 Å². The van der Waals surface area contributed by atoms with Crippen LogP contribution in [0.3, 0.4) is 0 Å². The summed E-state index contributed by atoms with van der Waals surface area (Å²) in [7, 11) is 0. The molecule has 7 nitrogen and oxygen atoms in total. The van der Waals surface area contributed by atoms with E-state index in [1.54, 1.807) is 24.3 Å². The molecule has 0 aliphatic carbocycles. The normalized spacial score (nSPS) is 14.5. The molecule has 2 aromatic carbocycles. The summed E-state index contributed by atoms with van der Waals surface area (Å²) in [6.45, 7) is 9.54. The first kappa shape index (κ1) is 22.4. The van der Waals surface area contributed by atoms with Crippen molar-refractivity contribution in [2.45, 2.75) is 6.61 Å². The van der Waals surface area contributed by atoms with Gasteiger partial charge in [0.1, 0.15) is 12.4 Å². The maximum absolute atomic E-state index is 6.03. The molecule has 1 fully saturated rings. The number of hydrogen-bond donors (Lipinski definition) is 3. The van der Waals surface area contributed by atoms with E-state index < -0.39 is 0 Å². The average molecular weight is 452 g/mol. The van der Waals surface area contributed by atoms with E-state index >= 15 is 0 Å². The number of ether oxygens (including phenoxy) is 1. The van der Waals surface area contributed by atoms with Gasteiger partial charge in [-0.2, -0.15) is 5.48 Å². The number of anilines is 2. The summed E-state index contributed by atoms with van der Waals surface area (Å²) in [4.78, 5) is 10.0. The Morgan fingerprint density at radius 3 is 2.37 bits per heavy atom. The van der Waals surface area contributed by atoms with Gasteiger partial charge in [0.15, 0.2) is 5.88 Å². The van der Waals surface area contributed by atoms with Crippen molar-refractivity contribution in [3.8, 4) is 5.75 Å². The van der Waals surface area contributed by atoms with Crippen molar-refractivity contribution < 1.29 is 9.57 Å². The van der Waals surface area contributed by atoms with E-state index in [1.807, 2.05) is 12.1 Å². The van der Waals surface area contributed by atoms with Gasteiger partial charge in [0.2, 0.25) is 0 Å². The first-order chi connectivity index (χ1) is 14.4. The van der Waals surface area contributed by atoms with Crippen LogP contribution in [0.2, 0.25) is 10.0 Å². The highest BCUT2D eigenvalue weighted by atomic mass is 35.5. The van der Waals surface area contributed by atoms with Gasteiger partial charge in [0.05, 0.1) is 11.4 Å². The molecule has 9 heteroatoms. The van der Waals surface area contributed by atoms with E-state index in [2.05, 4.69) is 21.9 Å². The molecule has 0 amide bonds.